The van der Waals surface area contributed by atoms with E-state index < -0.39 is 30.0 Å². The van der Waals surface area contributed by atoms with Gasteiger partial charge in [-0.1, -0.05) is 6.07 Å². The van der Waals surface area contributed by atoms with E-state index in [9.17, 15) is 28.0 Å². The average Bonchev–Trinajstić information content (AvgIpc) is 4.13. The number of anilines is 2. The lowest BCUT2D eigenvalue weighted by Crippen LogP contribution is -2.56. The third-order valence-electron chi connectivity index (χ3n) is 14.6. The van der Waals surface area contributed by atoms with E-state index in [1.165, 1.54) is 19.8 Å². The van der Waals surface area contributed by atoms with Crippen molar-refractivity contribution in [2.75, 3.05) is 56.1 Å². The van der Waals surface area contributed by atoms with E-state index in [0.717, 1.165) is 90.0 Å². The first-order valence-corrected chi connectivity index (χ1v) is 22.6. The standard InChI is InChI=1S/C44H52F2N12O6/c1-52-39-33(58(44(52)62)34-9-10-37(59)50-43(34)61)3-2-4-35(39)64-29-17-27(18-29)54-15-13-53(14-16-54)21-25-5-7-26(8-6-25)57-23-32(38(51-57)40(45)46)48-42(60)31-20-47-56-12-11-36(49-41(31)56)55-22-30-19-28(55)24-63-30/h2-4,11-12,20,23,25-30,34,40H,5-10,13-19,21-22,24H2,1H3,(H,48,60)(H,50,59,61)/t25?,26?,27?,28-,29?,30-,34?/m1/s1. The Hall–Kier alpha value is -5.73. The summed E-state index contributed by atoms with van der Waals surface area (Å²) in [6.45, 7) is 6.30. The molecule has 20 heteroatoms. The first kappa shape index (κ1) is 41.0. The van der Waals surface area contributed by atoms with Crippen molar-refractivity contribution in [3.05, 3.63) is 64.6 Å². The molecule has 6 aliphatic rings. The second kappa shape index (κ2) is 16.4. The number of alkyl halides is 2. The van der Waals surface area contributed by atoms with Crippen LogP contribution in [-0.4, -0.2) is 131 Å². The molecule has 8 heterocycles. The predicted molar refractivity (Wildman–Crippen MR) is 229 cm³/mol. The molecule has 2 bridgehead atoms. The molecule has 18 nitrogen and oxygen atoms in total. The van der Waals surface area contributed by atoms with E-state index in [-0.39, 0.29) is 60.0 Å². The van der Waals surface area contributed by atoms with Gasteiger partial charge in [0.25, 0.3) is 12.3 Å². The van der Waals surface area contributed by atoms with E-state index in [1.54, 1.807) is 24.1 Å². The molecule has 0 spiro atoms. The molecule has 3 amide bonds. The van der Waals surface area contributed by atoms with Gasteiger partial charge in [-0.3, -0.25) is 38.4 Å². The van der Waals surface area contributed by atoms with E-state index in [2.05, 4.69) is 35.5 Å². The second-order valence-corrected chi connectivity index (χ2v) is 18.5. The number of nitrogens with zero attached hydrogens (tertiary/aromatic N) is 10. The third-order valence-corrected chi connectivity index (χ3v) is 14.6. The van der Waals surface area contributed by atoms with Crippen LogP contribution in [0.3, 0.4) is 0 Å². The number of rotatable bonds is 11. The normalized spacial score (nSPS) is 27.8. The predicted octanol–water partition coefficient (Wildman–Crippen LogP) is 3.68. The number of carbonyl (C=O) groups excluding carboxylic acids is 3. The van der Waals surface area contributed by atoms with Crippen molar-refractivity contribution in [2.24, 2.45) is 13.0 Å². The zero-order valence-corrected chi connectivity index (χ0v) is 35.7. The van der Waals surface area contributed by atoms with E-state index >= 15 is 0 Å². The molecule has 4 saturated heterocycles. The fourth-order valence-electron chi connectivity index (χ4n) is 11.0. The third kappa shape index (κ3) is 7.41. The van der Waals surface area contributed by atoms with Gasteiger partial charge in [-0.15, -0.1) is 0 Å². The molecule has 2 saturated carbocycles. The molecule has 11 rings (SSSR count). The van der Waals surface area contributed by atoms with Crippen molar-refractivity contribution in [3.8, 4) is 5.75 Å². The van der Waals surface area contributed by atoms with Gasteiger partial charge >= 0.3 is 5.69 Å². The van der Waals surface area contributed by atoms with Gasteiger partial charge in [-0.2, -0.15) is 10.2 Å². The van der Waals surface area contributed by atoms with Gasteiger partial charge in [0.15, 0.2) is 11.3 Å². The number of imidazole rings is 1. The summed E-state index contributed by atoms with van der Waals surface area (Å²) >= 11 is 0. The summed E-state index contributed by atoms with van der Waals surface area (Å²) in [5.74, 6) is 0.510. The lowest BCUT2D eigenvalue weighted by molar-refractivity contribution is -0.135. The maximum atomic E-state index is 14.3. The summed E-state index contributed by atoms with van der Waals surface area (Å²) in [6, 6.07) is 7.28. The number of morpholine rings is 1. The Morgan fingerprint density at radius 3 is 2.55 bits per heavy atom. The quantitative estimate of drug-likeness (QED) is 0.184. The number of para-hydroxylation sites is 1. The monoisotopic (exact) mass is 882 g/mol. The summed E-state index contributed by atoms with van der Waals surface area (Å²) in [7, 11) is 1.69. The number of piperidine rings is 1. The summed E-state index contributed by atoms with van der Waals surface area (Å²) in [6.07, 6.45) is 8.83. The molecular formula is C44H52F2N12O6. The molecule has 4 aliphatic heterocycles. The number of hydrogen-bond donors (Lipinski definition) is 2. The van der Waals surface area contributed by atoms with Crippen LogP contribution in [0.4, 0.5) is 20.3 Å². The smallest absolute Gasteiger partial charge is 0.329 e. The SMILES string of the molecule is Cn1c(=O)n(C2CCC(=O)NC2=O)c2cccc(OC3CC(N4CCN(CC5CCC(n6cc(NC(=O)c7cnn8ccc(N9C[C@H]%10C[C@@H]9CO%10)nc78)c(C(F)F)n6)CC5)CC4)C3)c21. The van der Waals surface area contributed by atoms with Gasteiger partial charge in [0, 0.05) is 84.0 Å². The molecule has 2 N–H and O–H groups in total. The maximum absolute atomic E-state index is 14.3. The van der Waals surface area contributed by atoms with Gasteiger partial charge < -0.3 is 24.6 Å². The van der Waals surface area contributed by atoms with Gasteiger partial charge in [0.1, 0.15) is 34.8 Å². The fraction of sp³-hybridized carbons (Fsp3) is 0.568. The number of halogens is 2. The van der Waals surface area contributed by atoms with Crippen molar-refractivity contribution < 1.29 is 32.6 Å². The molecule has 1 unspecified atom stereocenters. The highest BCUT2D eigenvalue weighted by Gasteiger charge is 2.41. The molecular weight excluding hydrogens is 831 g/mol. The number of amides is 3. The Morgan fingerprint density at radius 2 is 1.81 bits per heavy atom. The summed E-state index contributed by atoms with van der Waals surface area (Å²) in [5.41, 5.74) is 1.06. The minimum Gasteiger partial charge on any atom is -0.488 e. The van der Waals surface area contributed by atoms with Crippen LogP contribution in [0.15, 0.2) is 47.7 Å². The maximum Gasteiger partial charge on any atom is 0.329 e. The molecule has 338 valence electrons. The number of ether oxygens (including phenoxy) is 2. The van der Waals surface area contributed by atoms with E-state index in [4.69, 9.17) is 14.5 Å². The van der Waals surface area contributed by atoms with Crippen molar-refractivity contribution in [1.82, 2.24) is 48.6 Å². The van der Waals surface area contributed by atoms with Crippen LogP contribution >= 0.6 is 0 Å². The van der Waals surface area contributed by atoms with Crippen LogP contribution in [0.25, 0.3) is 16.7 Å². The Labute approximate surface area is 366 Å². The molecule has 0 radical (unpaired) electrons. The first-order chi connectivity index (χ1) is 31.0. The highest BCUT2D eigenvalue weighted by molar-refractivity contribution is 6.08. The van der Waals surface area contributed by atoms with Crippen molar-refractivity contribution in [1.29, 1.82) is 0 Å². The topological polar surface area (TPSA) is 178 Å². The van der Waals surface area contributed by atoms with Crippen LogP contribution < -0.4 is 26.0 Å². The molecule has 4 aromatic heterocycles. The number of imide groups is 1. The molecule has 3 atom stereocenters. The van der Waals surface area contributed by atoms with Gasteiger partial charge in [-0.05, 0) is 62.6 Å². The Balaban J connectivity index is 0.653. The summed E-state index contributed by atoms with van der Waals surface area (Å²) in [4.78, 5) is 63.3. The number of nitrogens with one attached hydrogen (secondary N) is 2. The number of piperazine rings is 1. The van der Waals surface area contributed by atoms with E-state index in [1.807, 2.05) is 24.3 Å². The number of aryl methyl sites for hydroxylation is 1. The molecule has 5 aromatic rings. The first-order valence-electron chi connectivity index (χ1n) is 22.6. The van der Waals surface area contributed by atoms with Crippen molar-refractivity contribution in [2.45, 2.75) is 101 Å². The van der Waals surface area contributed by atoms with Gasteiger partial charge in [-0.25, -0.2) is 23.1 Å². The van der Waals surface area contributed by atoms with Crippen molar-refractivity contribution in [3.63, 3.8) is 0 Å². The van der Waals surface area contributed by atoms with E-state index in [0.29, 0.717) is 41.0 Å². The molecule has 2 aliphatic carbocycles. The lowest BCUT2D eigenvalue weighted by atomic mass is 9.85. The summed E-state index contributed by atoms with van der Waals surface area (Å²) in [5, 5.41) is 13.7. The second-order valence-electron chi connectivity index (χ2n) is 18.5. The Kier molecular flexibility index (Phi) is 10.5. The number of carbonyl (C=O) groups is 3. The van der Waals surface area contributed by atoms with Crippen LogP contribution in [0.5, 0.6) is 5.75 Å². The minimum atomic E-state index is -2.86. The highest BCUT2D eigenvalue weighted by Crippen LogP contribution is 2.38. The average molecular weight is 883 g/mol. The van der Waals surface area contributed by atoms with Crippen LogP contribution in [0.2, 0.25) is 0 Å². The van der Waals surface area contributed by atoms with Crippen LogP contribution in [0.1, 0.15) is 92.3 Å². The zero-order chi connectivity index (χ0) is 43.8. The molecule has 64 heavy (non-hydrogen) atoms. The van der Waals surface area contributed by atoms with Crippen molar-refractivity contribution >= 4 is 45.9 Å². The zero-order valence-electron chi connectivity index (χ0n) is 35.7. The number of aromatic nitrogens is 7. The Bertz CT molecular complexity index is 2670. The number of benzene rings is 1. The van der Waals surface area contributed by atoms with Gasteiger partial charge in [0.2, 0.25) is 11.8 Å². The minimum absolute atomic E-state index is 0.000107. The molecule has 6 fully saturated rings. The molecule has 1 aromatic carbocycles. The number of hydrogen-bond acceptors (Lipinski definition) is 12. The van der Waals surface area contributed by atoms with Gasteiger partial charge in [0.05, 0.1) is 42.2 Å². The van der Waals surface area contributed by atoms with Crippen LogP contribution in [0, 0.1) is 5.92 Å². The Morgan fingerprint density at radius 1 is 1.00 bits per heavy atom. The lowest BCUT2D eigenvalue weighted by Gasteiger charge is -2.46. The largest absolute Gasteiger partial charge is 0.488 e. The summed E-state index contributed by atoms with van der Waals surface area (Å²) < 4.78 is 47.0. The number of fused-ring (bicyclic) bond motifs is 4. The van der Waals surface area contributed by atoms with Crippen LogP contribution in [-0.2, 0) is 21.4 Å². The highest BCUT2D eigenvalue weighted by atomic mass is 19.3. The fourth-order valence-corrected chi connectivity index (χ4v) is 11.0.